The molecule has 5 N–H and O–H groups in total. The maximum atomic E-state index is 13.3. The summed E-state index contributed by atoms with van der Waals surface area (Å²) in [5.74, 6) is -1.81. The lowest BCUT2D eigenvalue weighted by Gasteiger charge is -2.23. The van der Waals surface area contributed by atoms with Crippen LogP contribution in [-0.4, -0.2) is 65.0 Å². The van der Waals surface area contributed by atoms with Crippen LogP contribution in [0.5, 0.6) is 0 Å². The van der Waals surface area contributed by atoms with Crippen LogP contribution < -0.4 is 26.4 Å². The van der Waals surface area contributed by atoms with Gasteiger partial charge in [0.05, 0.1) is 12.2 Å². The van der Waals surface area contributed by atoms with E-state index < -0.39 is 41.7 Å². The molecular formula is C37H41Cl2N7O7. The number of imide groups is 1. The smallest absolute Gasteiger partial charge is 0.413 e. The maximum absolute atomic E-state index is 13.3. The summed E-state index contributed by atoms with van der Waals surface area (Å²) in [6.45, 7) is 5.33. The summed E-state index contributed by atoms with van der Waals surface area (Å²) < 4.78 is 10.4. The van der Waals surface area contributed by atoms with Crippen LogP contribution in [0.3, 0.4) is 0 Å². The molecule has 53 heavy (non-hydrogen) atoms. The number of carbonyl (C=O) groups excluding carboxylic acids is 4. The summed E-state index contributed by atoms with van der Waals surface area (Å²) >= 11 is 6.49. The molecule has 1 heterocycles. The number of amidine groups is 1. The number of anilines is 1. The minimum Gasteiger partial charge on any atom is -0.444 e. The van der Waals surface area contributed by atoms with Gasteiger partial charge < -0.3 is 24.7 Å². The molecule has 280 valence electrons. The highest BCUT2D eigenvalue weighted by Gasteiger charge is 2.21. The van der Waals surface area contributed by atoms with Crippen molar-refractivity contribution >= 4 is 59.7 Å². The second-order valence-electron chi connectivity index (χ2n) is 12.5. The number of nitrogens with one attached hydrogen (secondary N) is 5. The zero-order valence-electron chi connectivity index (χ0n) is 29.4. The van der Waals surface area contributed by atoms with Crippen molar-refractivity contribution in [1.82, 2.24) is 25.9 Å². The number of unbranched alkanes of at least 4 members (excludes halogenated alkanes) is 1. The van der Waals surface area contributed by atoms with Crippen LogP contribution >= 0.6 is 24.0 Å². The van der Waals surface area contributed by atoms with Gasteiger partial charge >= 0.3 is 12.2 Å². The Kier molecular flexibility index (Phi) is 15.5. The third-order valence-corrected chi connectivity index (χ3v) is 7.47. The second kappa shape index (κ2) is 19.8. The highest BCUT2D eigenvalue weighted by atomic mass is 35.5. The molecule has 0 saturated heterocycles. The monoisotopic (exact) mass is 765 g/mol. The fourth-order valence-corrected chi connectivity index (χ4v) is 4.99. The van der Waals surface area contributed by atoms with Gasteiger partial charge in [-0.25, -0.2) is 14.6 Å². The van der Waals surface area contributed by atoms with E-state index in [9.17, 15) is 24.0 Å². The van der Waals surface area contributed by atoms with Gasteiger partial charge in [0.2, 0.25) is 5.91 Å². The summed E-state index contributed by atoms with van der Waals surface area (Å²) in [4.78, 5) is 72.0. The van der Waals surface area contributed by atoms with Gasteiger partial charge in [-0.05, 0) is 51.3 Å². The van der Waals surface area contributed by atoms with Crippen LogP contribution in [0.15, 0.2) is 89.7 Å². The average molecular weight is 767 g/mol. The first-order valence-electron chi connectivity index (χ1n) is 16.4. The van der Waals surface area contributed by atoms with Crippen molar-refractivity contribution in [3.8, 4) is 11.3 Å². The van der Waals surface area contributed by atoms with Crippen molar-refractivity contribution in [3.05, 3.63) is 117 Å². The fraction of sp³-hybridized carbons (Fsp3) is 0.270. The summed E-state index contributed by atoms with van der Waals surface area (Å²) in [5, 5.41) is 15.5. The van der Waals surface area contributed by atoms with Crippen LogP contribution in [0.1, 0.15) is 55.1 Å². The minimum atomic E-state index is -0.811. The molecule has 3 aromatic carbocycles. The van der Waals surface area contributed by atoms with E-state index >= 15 is 0 Å². The molecule has 16 heteroatoms. The van der Waals surface area contributed by atoms with Crippen LogP contribution in [0.2, 0.25) is 5.15 Å². The van der Waals surface area contributed by atoms with Crippen molar-refractivity contribution in [2.24, 2.45) is 0 Å². The molecule has 0 bridgehead atoms. The zero-order valence-corrected chi connectivity index (χ0v) is 30.9. The predicted molar refractivity (Wildman–Crippen MR) is 204 cm³/mol. The van der Waals surface area contributed by atoms with E-state index in [4.69, 9.17) is 26.5 Å². The second-order valence-corrected chi connectivity index (χ2v) is 12.9. The molecule has 0 aliphatic heterocycles. The van der Waals surface area contributed by atoms with Crippen molar-refractivity contribution in [2.45, 2.75) is 45.8 Å². The van der Waals surface area contributed by atoms with Crippen LogP contribution in [-0.2, 0) is 20.9 Å². The lowest BCUT2D eigenvalue weighted by molar-refractivity contribution is -0.118. The summed E-state index contributed by atoms with van der Waals surface area (Å²) in [7, 11) is 0. The number of hydrogen-bond acceptors (Lipinski definition) is 10. The Hall–Kier alpha value is -5.73. The molecule has 14 nitrogen and oxygen atoms in total. The van der Waals surface area contributed by atoms with Crippen LogP contribution in [0.25, 0.3) is 11.3 Å². The summed E-state index contributed by atoms with van der Waals surface area (Å²) in [6.07, 6.45) is -0.469. The number of benzene rings is 3. The van der Waals surface area contributed by atoms with Crippen molar-refractivity contribution in [2.75, 3.05) is 24.5 Å². The molecule has 4 rings (SSSR count). The standard InChI is InChI=1S/C37H40ClN7O7.ClH/c1-37(2,3)52-35(49)40-20-10-11-21-45(32-34(48)42-29(30(38)43-32)25-14-8-5-9-15-25)22-28(46)41-33(47)27-18-16-26(17-19-27)31(39)44-36(50)51-23-24-12-6-4-7-13-24;/h4-9,12-19H,10-11,20-23H2,1-3H3,(H,40,49)(H,42,48)(H2,39,44,50)(H,41,46,47);1H. The average Bonchev–Trinajstić information content (AvgIpc) is 3.11. The van der Waals surface area contributed by atoms with Crippen LogP contribution in [0, 0.1) is 5.41 Å². The lowest BCUT2D eigenvalue weighted by atomic mass is 10.1. The van der Waals surface area contributed by atoms with Gasteiger partial charge in [0.25, 0.3) is 11.5 Å². The number of alkyl carbamates (subject to hydrolysis) is 2. The zero-order chi connectivity index (χ0) is 37.7. The fourth-order valence-electron chi connectivity index (χ4n) is 4.76. The number of carbonyl (C=O) groups is 4. The molecule has 0 unspecified atom stereocenters. The third-order valence-electron chi connectivity index (χ3n) is 7.20. The summed E-state index contributed by atoms with van der Waals surface area (Å²) in [5.41, 5.74) is 0.919. The number of nitrogens with zero attached hydrogens (tertiary/aromatic N) is 2. The van der Waals surface area contributed by atoms with Crippen molar-refractivity contribution < 1.29 is 28.7 Å². The Bertz CT molecular complexity index is 1940. The quantitative estimate of drug-likeness (QED) is 0.0632. The summed E-state index contributed by atoms with van der Waals surface area (Å²) in [6, 6.07) is 23.7. The Labute approximate surface area is 317 Å². The van der Waals surface area contributed by atoms with Gasteiger partial charge in [-0.1, -0.05) is 84.4 Å². The SMILES string of the molecule is CC(C)(C)OC(=O)NCCCCN(CC(=O)NC(=O)c1ccc(C(=N)NC(=O)OCc2ccccc2)cc1)c1nc(Cl)c(-c2ccccc2)[nH]c1=O.Cl. The van der Waals surface area contributed by atoms with Gasteiger partial charge in [0, 0.05) is 29.8 Å². The Balaban J connectivity index is 0.00000756. The van der Waals surface area contributed by atoms with E-state index in [0.717, 1.165) is 5.56 Å². The molecule has 0 aliphatic rings. The van der Waals surface area contributed by atoms with Gasteiger partial charge in [-0.2, -0.15) is 0 Å². The number of rotatable bonds is 13. The van der Waals surface area contributed by atoms with E-state index in [1.165, 1.54) is 29.2 Å². The van der Waals surface area contributed by atoms with E-state index in [1.54, 1.807) is 57.2 Å². The number of aromatic amines is 1. The molecular weight excluding hydrogens is 725 g/mol. The Morgan fingerprint density at radius 3 is 2.13 bits per heavy atom. The highest BCUT2D eigenvalue weighted by Crippen LogP contribution is 2.24. The highest BCUT2D eigenvalue weighted by molar-refractivity contribution is 6.31. The van der Waals surface area contributed by atoms with Gasteiger partial charge in [-0.3, -0.25) is 30.4 Å². The van der Waals surface area contributed by atoms with Gasteiger partial charge in [0.1, 0.15) is 18.0 Å². The number of aromatic nitrogens is 2. The molecule has 0 atom stereocenters. The van der Waals surface area contributed by atoms with Gasteiger partial charge in [-0.15, -0.1) is 12.4 Å². The number of halogens is 2. The van der Waals surface area contributed by atoms with E-state index in [0.29, 0.717) is 29.7 Å². The van der Waals surface area contributed by atoms with E-state index in [1.807, 2.05) is 24.3 Å². The van der Waals surface area contributed by atoms with E-state index in [2.05, 4.69) is 25.9 Å². The van der Waals surface area contributed by atoms with Gasteiger partial charge in [0.15, 0.2) is 11.0 Å². The normalized spacial score (nSPS) is 10.6. The minimum absolute atomic E-state index is 0. The van der Waals surface area contributed by atoms with E-state index in [-0.39, 0.29) is 54.5 Å². The molecule has 0 radical (unpaired) electrons. The predicted octanol–water partition coefficient (Wildman–Crippen LogP) is 5.83. The van der Waals surface area contributed by atoms with Crippen LogP contribution in [0.4, 0.5) is 15.4 Å². The molecule has 1 aromatic heterocycles. The first-order chi connectivity index (χ1) is 24.8. The molecule has 0 saturated carbocycles. The Morgan fingerprint density at radius 1 is 0.868 bits per heavy atom. The number of ether oxygens (including phenoxy) is 2. The number of amides is 4. The molecule has 0 aliphatic carbocycles. The number of H-pyrrole nitrogens is 1. The third kappa shape index (κ3) is 13.4. The topological polar surface area (TPSA) is 196 Å². The Morgan fingerprint density at radius 2 is 1.49 bits per heavy atom. The molecule has 0 spiro atoms. The maximum Gasteiger partial charge on any atom is 0.413 e. The lowest BCUT2D eigenvalue weighted by Crippen LogP contribution is -2.43. The first-order valence-corrected chi connectivity index (χ1v) is 16.7. The largest absolute Gasteiger partial charge is 0.444 e. The molecule has 4 amide bonds. The van der Waals surface area contributed by atoms with Crippen molar-refractivity contribution in [3.63, 3.8) is 0 Å². The number of hydrogen-bond donors (Lipinski definition) is 5. The first kappa shape index (κ1) is 41.7. The molecule has 4 aromatic rings. The van der Waals surface area contributed by atoms with Crippen molar-refractivity contribution in [1.29, 1.82) is 5.41 Å². The molecule has 0 fully saturated rings.